The van der Waals surface area contributed by atoms with E-state index in [1.54, 1.807) is 0 Å². The van der Waals surface area contributed by atoms with Gasteiger partial charge in [0.2, 0.25) is 0 Å². The predicted octanol–water partition coefficient (Wildman–Crippen LogP) is 2.35. The average molecular weight is 200 g/mol. The summed E-state index contributed by atoms with van der Waals surface area (Å²) in [6, 6.07) is 0.610. The van der Waals surface area contributed by atoms with Crippen LogP contribution < -0.4 is 5.32 Å². The maximum absolute atomic E-state index is 3.43. The van der Waals surface area contributed by atoms with E-state index in [1.165, 1.54) is 19.4 Å². The Morgan fingerprint density at radius 1 is 1.07 bits per heavy atom. The lowest BCUT2D eigenvalue weighted by Gasteiger charge is -2.18. The molecular weight excluding hydrogens is 172 g/mol. The van der Waals surface area contributed by atoms with Gasteiger partial charge >= 0.3 is 0 Å². The van der Waals surface area contributed by atoms with E-state index in [0.717, 1.165) is 19.0 Å². The molecule has 0 aliphatic heterocycles. The van der Waals surface area contributed by atoms with Gasteiger partial charge in [0.15, 0.2) is 0 Å². The standard InChI is InChI=1S/C12H28N2/c1-11(2)7-6-9-14(5)10-8-13-12(3)4/h11-13H,6-10H2,1-5H3. The Morgan fingerprint density at radius 2 is 1.71 bits per heavy atom. The number of rotatable bonds is 8. The molecule has 0 aliphatic rings. The van der Waals surface area contributed by atoms with E-state index in [-0.39, 0.29) is 0 Å². The molecule has 0 atom stereocenters. The van der Waals surface area contributed by atoms with Crippen molar-refractivity contribution >= 4 is 0 Å². The molecule has 0 unspecified atom stereocenters. The smallest absolute Gasteiger partial charge is 0.0104 e. The Hall–Kier alpha value is -0.0800. The molecule has 0 aromatic rings. The summed E-state index contributed by atoms with van der Waals surface area (Å²) in [7, 11) is 2.21. The molecule has 2 heteroatoms. The second kappa shape index (κ2) is 8.25. The summed E-state index contributed by atoms with van der Waals surface area (Å²) in [4.78, 5) is 2.41. The number of hydrogen-bond acceptors (Lipinski definition) is 2. The zero-order valence-corrected chi connectivity index (χ0v) is 10.6. The minimum Gasteiger partial charge on any atom is -0.313 e. The van der Waals surface area contributed by atoms with Crippen molar-refractivity contribution < 1.29 is 0 Å². The van der Waals surface area contributed by atoms with Gasteiger partial charge in [-0.15, -0.1) is 0 Å². The molecule has 14 heavy (non-hydrogen) atoms. The molecular formula is C12H28N2. The highest BCUT2D eigenvalue weighted by molar-refractivity contribution is 4.58. The van der Waals surface area contributed by atoms with Gasteiger partial charge in [0.25, 0.3) is 0 Å². The first-order chi connectivity index (χ1) is 6.52. The van der Waals surface area contributed by atoms with Crippen molar-refractivity contribution in [3.63, 3.8) is 0 Å². The zero-order valence-electron chi connectivity index (χ0n) is 10.6. The second-order valence-electron chi connectivity index (χ2n) is 4.95. The highest BCUT2D eigenvalue weighted by Crippen LogP contribution is 2.03. The maximum Gasteiger partial charge on any atom is 0.0104 e. The van der Waals surface area contributed by atoms with Crippen LogP contribution >= 0.6 is 0 Å². The van der Waals surface area contributed by atoms with Crippen molar-refractivity contribution in [1.29, 1.82) is 0 Å². The normalized spacial score (nSPS) is 12.0. The third-order valence-electron chi connectivity index (χ3n) is 2.37. The number of nitrogens with zero attached hydrogens (tertiary/aromatic N) is 1. The van der Waals surface area contributed by atoms with Crippen LogP contribution in [-0.4, -0.2) is 37.6 Å². The maximum atomic E-state index is 3.43. The monoisotopic (exact) mass is 200 g/mol. The Kier molecular flexibility index (Phi) is 8.20. The molecule has 0 amide bonds. The SMILES string of the molecule is CC(C)CCCN(C)CCNC(C)C. The van der Waals surface area contributed by atoms with Crippen molar-refractivity contribution in [2.75, 3.05) is 26.7 Å². The molecule has 0 saturated heterocycles. The summed E-state index contributed by atoms with van der Waals surface area (Å²) in [5.41, 5.74) is 0. The van der Waals surface area contributed by atoms with Crippen LogP contribution in [-0.2, 0) is 0 Å². The molecule has 0 rings (SSSR count). The molecule has 1 N–H and O–H groups in total. The molecule has 0 aliphatic carbocycles. The molecule has 0 spiro atoms. The quantitative estimate of drug-likeness (QED) is 0.647. The zero-order chi connectivity index (χ0) is 11.0. The Labute approximate surface area is 90.1 Å². The van der Waals surface area contributed by atoms with Gasteiger partial charge in [0, 0.05) is 19.1 Å². The van der Waals surface area contributed by atoms with Gasteiger partial charge in [-0.3, -0.25) is 0 Å². The van der Waals surface area contributed by atoms with Gasteiger partial charge in [0.05, 0.1) is 0 Å². The van der Waals surface area contributed by atoms with Crippen molar-refractivity contribution in [1.82, 2.24) is 10.2 Å². The minimum atomic E-state index is 0.610. The second-order valence-corrected chi connectivity index (χ2v) is 4.95. The molecule has 0 aromatic carbocycles. The van der Waals surface area contributed by atoms with Gasteiger partial charge in [-0.25, -0.2) is 0 Å². The van der Waals surface area contributed by atoms with Crippen molar-refractivity contribution in [2.24, 2.45) is 5.92 Å². The van der Waals surface area contributed by atoms with E-state index >= 15 is 0 Å². The van der Waals surface area contributed by atoms with Gasteiger partial charge in [-0.05, 0) is 32.4 Å². The largest absolute Gasteiger partial charge is 0.313 e. The Balaban J connectivity index is 3.23. The molecule has 0 bridgehead atoms. The third kappa shape index (κ3) is 10.0. The van der Waals surface area contributed by atoms with Crippen LogP contribution in [0.5, 0.6) is 0 Å². The third-order valence-corrected chi connectivity index (χ3v) is 2.37. The van der Waals surface area contributed by atoms with Gasteiger partial charge in [0.1, 0.15) is 0 Å². The number of hydrogen-bond donors (Lipinski definition) is 1. The lowest BCUT2D eigenvalue weighted by atomic mass is 10.1. The molecule has 86 valence electrons. The highest BCUT2D eigenvalue weighted by atomic mass is 15.1. The number of nitrogens with one attached hydrogen (secondary N) is 1. The van der Waals surface area contributed by atoms with Crippen molar-refractivity contribution in [3.05, 3.63) is 0 Å². The fourth-order valence-electron chi connectivity index (χ4n) is 1.43. The van der Waals surface area contributed by atoms with E-state index in [2.05, 4.69) is 45.0 Å². The molecule has 0 fully saturated rings. The van der Waals surface area contributed by atoms with Crippen LogP contribution in [0.1, 0.15) is 40.5 Å². The van der Waals surface area contributed by atoms with Crippen LogP contribution in [0.4, 0.5) is 0 Å². The number of likely N-dealkylation sites (N-methyl/N-ethyl adjacent to an activating group) is 1. The first-order valence-electron chi connectivity index (χ1n) is 5.94. The molecule has 0 radical (unpaired) electrons. The Bertz CT molecular complexity index is 107. The van der Waals surface area contributed by atoms with E-state index in [9.17, 15) is 0 Å². The van der Waals surface area contributed by atoms with E-state index < -0.39 is 0 Å². The fourth-order valence-corrected chi connectivity index (χ4v) is 1.43. The average Bonchev–Trinajstić information content (AvgIpc) is 2.02. The fraction of sp³-hybridized carbons (Fsp3) is 1.00. The topological polar surface area (TPSA) is 15.3 Å². The lowest BCUT2D eigenvalue weighted by molar-refractivity contribution is 0.312. The van der Waals surface area contributed by atoms with Gasteiger partial charge < -0.3 is 10.2 Å². The van der Waals surface area contributed by atoms with E-state index in [4.69, 9.17) is 0 Å². The van der Waals surface area contributed by atoms with Crippen LogP contribution in [0.3, 0.4) is 0 Å². The van der Waals surface area contributed by atoms with Crippen molar-refractivity contribution in [3.8, 4) is 0 Å². The predicted molar refractivity (Wildman–Crippen MR) is 64.7 cm³/mol. The van der Waals surface area contributed by atoms with Crippen LogP contribution in [0, 0.1) is 5.92 Å². The van der Waals surface area contributed by atoms with Gasteiger partial charge in [-0.1, -0.05) is 27.7 Å². The summed E-state index contributed by atoms with van der Waals surface area (Å²) >= 11 is 0. The van der Waals surface area contributed by atoms with Crippen LogP contribution in [0.2, 0.25) is 0 Å². The summed E-state index contributed by atoms with van der Waals surface area (Å²) < 4.78 is 0. The summed E-state index contributed by atoms with van der Waals surface area (Å²) in [6.07, 6.45) is 2.68. The van der Waals surface area contributed by atoms with Gasteiger partial charge in [-0.2, -0.15) is 0 Å². The minimum absolute atomic E-state index is 0.610. The van der Waals surface area contributed by atoms with E-state index in [1.807, 2.05) is 0 Å². The van der Waals surface area contributed by atoms with Crippen molar-refractivity contribution in [2.45, 2.75) is 46.6 Å². The highest BCUT2D eigenvalue weighted by Gasteiger charge is 2.00. The first-order valence-corrected chi connectivity index (χ1v) is 5.94. The molecule has 0 aromatic heterocycles. The molecule has 0 saturated carbocycles. The summed E-state index contributed by atoms with van der Waals surface area (Å²) in [5, 5.41) is 3.43. The molecule has 2 nitrogen and oxygen atoms in total. The Morgan fingerprint density at radius 3 is 2.21 bits per heavy atom. The van der Waals surface area contributed by atoms with Crippen LogP contribution in [0.25, 0.3) is 0 Å². The molecule has 0 heterocycles. The lowest BCUT2D eigenvalue weighted by Crippen LogP contribution is -2.33. The summed E-state index contributed by atoms with van der Waals surface area (Å²) in [5.74, 6) is 0.845. The first kappa shape index (κ1) is 13.9. The van der Waals surface area contributed by atoms with E-state index in [0.29, 0.717) is 6.04 Å². The summed E-state index contributed by atoms with van der Waals surface area (Å²) in [6.45, 7) is 12.5. The van der Waals surface area contributed by atoms with Crippen LogP contribution in [0.15, 0.2) is 0 Å².